The van der Waals surface area contributed by atoms with Crippen molar-refractivity contribution in [1.82, 2.24) is 9.55 Å². The number of H-pyrrole nitrogens is 1. The topological polar surface area (TPSA) is 93.2 Å². The highest BCUT2D eigenvalue weighted by Crippen LogP contribution is 2.24. The fourth-order valence-corrected chi connectivity index (χ4v) is 3.51. The maximum atomic E-state index is 12.6. The number of anilines is 1. The van der Waals surface area contributed by atoms with Gasteiger partial charge in [0.15, 0.2) is 0 Å². The van der Waals surface area contributed by atoms with Crippen LogP contribution in [0, 0.1) is 0 Å². The van der Waals surface area contributed by atoms with Gasteiger partial charge < -0.3 is 10.1 Å². The Labute approximate surface area is 184 Å². The van der Waals surface area contributed by atoms with Crippen molar-refractivity contribution >= 4 is 22.5 Å². The first-order chi connectivity index (χ1) is 15.6. The second-order valence-electron chi connectivity index (χ2n) is 7.31. The zero-order valence-electron chi connectivity index (χ0n) is 17.4. The van der Waals surface area contributed by atoms with Crippen molar-refractivity contribution in [3.05, 3.63) is 105 Å². The van der Waals surface area contributed by atoms with Crippen LogP contribution in [0.5, 0.6) is 5.75 Å². The van der Waals surface area contributed by atoms with Gasteiger partial charge in [0.1, 0.15) is 5.75 Å². The molecule has 0 atom stereocenters. The predicted molar refractivity (Wildman–Crippen MR) is 124 cm³/mol. The maximum Gasteiger partial charge on any atom is 0.328 e. The van der Waals surface area contributed by atoms with E-state index in [0.29, 0.717) is 28.9 Å². The number of benzene rings is 3. The van der Waals surface area contributed by atoms with Crippen LogP contribution in [0.4, 0.5) is 5.69 Å². The molecule has 0 saturated carbocycles. The van der Waals surface area contributed by atoms with E-state index >= 15 is 0 Å². The Morgan fingerprint density at radius 2 is 1.62 bits per heavy atom. The Morgan fingerprint density at radius 3 is 2.47 bits per heavy atom. The van der Waals surface area contributed by atoms with Crippen molar-refractivity contribution in [3.8, 4) is 5.75 Å². The number of ether oxygens (including phenoxy) is 1. The molecule has 162 valence electrons. The average Bonchev–Trinajstić information content (AvgIpc) is 2.81. The van der Waals surface area contributed by atoms with Gasteiger partial charge in [0, 0.05) is 19.4 Å². The smallest absolute Gasteiger partial charge is 0.328 e. The van der Waals surface area contributed by atoms with E-state index in [-0.39, 0.29) is 18.9 Å². The number of carbonyl (C=O) groups is 1. The van der Waals surface area contributed by atoms with Crippen molar-refractivity contribution in [3.63, 3.8) is 0 Å². The van der Waals surface area contributed by atoms with Gasteiger partial charge in [-0.05, 0) is 29.8 Å². The zero-order chi connectivity index (χ0) is 22.3. The first-order valence-corrected chi connectivity index (χ1v) is 10.4. The van der Waals surface area contributed by atoms with E-state index in [0.717, 1.165) is 6.42 Å². The molecule has 4 aromatic rings. The molecule has 0 aliphatic carbocycles. The van der Waals surface area contributed by atoms with Gasteiger partial charge in [-0.25, -0.2) is 4.79 Å². The molecular formula is C25H23N3O4. The number of aryl methyl sites for hydroxylation is 1. The number of para-hydroxylation sites is 3. The third-order valence-corrected chi connectivity index (χ3v) is 5.12. The van der Waals surface area contributed by atoms with Gasteiger partial charge in [0.25, 0.3) is 5.56 Å². The Kier molecular flexibility index (Phi) is 6.46. The van der Waals surface area contributed by atoms with Crippen molar-refractivity contribution in [1.29, 1.82) is 0 Å². The van der Waals surface area contributed by atoms with Crippen LogP contribution in [0.3, 0.4) is 0 Å². The van der Waals surface area contributed by atoms with Crippen molar-refractivity contribution in [2.45, 2.75) is 19.4 Å². The normalized spacial score (nSPS) is 10.8. The summed E-state index contributed by atoms with van der Waals surface area (Å²) < 4.78 is 7.29. The lowest BCUT2D eigenvalue weighted by Gasteiger charge is -2.13. The Balaban J connectivity index is 1.41. The molecule has 3 aromatic carbocycles. The Morgan fingerprint density at radius 1 is 0.906 bits per heavy atom. The fourth-order valence-electron chi connectivity index (χ4n) is 3.51. The van der Waals surface area contributed by atoms with Crippen molar-refractivity contribution in [2.75, 3.05) is 11.9 Å². The van der Waals surface area contributed by atoms with Crippen molar-refractivity contribution < 1.29 is 9.53 Å². The van der Waals surface area contributed by atoms with Crippen LogP contribution in [0.25, 0.3) is 10.9 Å². The molecule has 0 saturated heterocycles. The summed E-state index contributed by atoms with van der Waals surface area (Å²) in [4.78, 5) is 39.1. The van der Waals surface area contributed by atoms with Gasteiger partial charge in [-0.15, -0.1) is 0 Å². The molecule has 0 unspecified atom stereocenters. The lowest BCUT2D eigenvalue weighted by molar-refractivity contribution is -0.116. The van der Waals surface area contributed by atoms with E-state index in [1.165, 1.54) is 10.1 Å². The predicted octanol–water partition coefficient (Wildman–Crippen LogP) is 3.34. The summed E-state index contributed by atoms with van der Waals surface area (Å²) in [6.45, 7) is 0.620. The van der Waals surface area contributed by atoms with Crippen molar-refractivity contribution in [2.24, 2.45) is 0 Å². The molecule has 32 heavy (non-hydrogen) atoms. The molecule has 0 aliphatic heterocycles. The molecule has 1 aromatic heterocycles. The summed E-state index contributed by atoms with van der Waals surface area (Å²) in [7, 11) is 0. The molecule has 2 N–H and O–H groups in total. The summed E-state index contributed by atoms with van der Waals surface area (Å²) >= 11 is 0. The second kappa shape index (κ2) is 9.78. The summed E-state index contributed by atoms with van der Waals surface area (Å²) in [5.41, 5.74) is 1.27. The first-order valence-electron chi connectivity index (χ1n) is 10.4. The van der Waals surface area contributed by atoms with Crippen LogP contribution in [0.1, 0.15) is 12.0 Å². The van der Waals surface area contributed by atoms with E-state index in [4.69, 9.17) is 4.74 Å². The number of aromatic amines is 1. The minimum absolute atomic E-state index is 0.0638. The van der Waals surface area contributed by atoms with Crippen LogP contribution in [-0.2, 0) is 17.8 Å². The number of carbonyl (C=O) groups excluding carboxylic acids is 1. The van der Waals surface area contributed by atoms with Crippen LogP contribution < -0.4 is 21.3 Å². The van der Waals surface area contributed by atoms with Gasteiger partial charge >= 0.3 is 5.69 Å². The second-order valence-corrected chi connectivity index (χ2v) is 7.31. The molecule has 1 heterocycles. The summed E-state index contributed by atoms with van der Waals surface area (Å²) in [6, 6.07) is 24.1. The summed E-state index contributed by atoms with van der Waals surface area (Å²) in [5.74, 6) is 0.328. The third kappa shape index (κ3) is 4.95. The average molecular weight is 429 g/mol. The molecule has 0 aliphatic rings. The number of aromatic nitrogens is 2. The number of hydrogen-bond acceptors (Lipinski definition) is 4. The molecule has 1 amide bonds. The van der Waals surface area contributed by atoms with Crippen LogP contribution >= 0.6 is 0 Å². The largest absolute Gasteiger partial charge is 0.491 e. The lowest BCUT2D eigenvalue weighted by atomic mass is 10.2. The highest BCUT2D eigenvalue weighted by Gasteiger charge is 2.11. The van der Waals surface area contributed by atoms with Gasteiger partial charge in [0.05, 0.1) is 23.2 Å². The number of nitrogens with one attached hydrogen (secondary N) is 2. The molecule has 0 fully saturated rings. The highest BCUT2D eigenvalue weighted by atomic mass is 16.5. The number of rotatable bonds is 8. The molecular weight excluding hydrogens is 406 g/mol. The maximum absolute atomic E-state index is 12.6. The van der Waals surface area contributed by atoms with E-state index in [2.05, 4.69) is 10.3 Å². The lowest BCUT2D eigenvalue weighted by Crippen LogP contribution is -2.31. The minimum Gasteiger partial charge on any atom is -0.491 e. The molecule has 0 bridgehead atoms. The van der Waals surface area contributed by atoms with E-state index in [1.807, 2.05) is 42.5 Å². The SMILES string of the molecule is O=C(CCn1c(=O)[nH]c(=O)c2ccccc21)Nc1ccccc1OCCc1ccccc1. The van der Waals surface area contributed by atoms with Gasteiger partial charge in [-0.3, -0.25) is 19.1 Å². The van der Waals surface area contributed by atoms with E-state index in [9.17, 15) is 14.4 Å². The summed E-state index contributed by atoms with van der Waals surface area (Å²) in [6.07, 6.45) is 0.819. The van der Waals surface area contributed by atoms with Gasteiger partial charge in [0.2, 0.25) is 5.91 Å². The standard InChI is InChI=1S/C25H23N3O4/c29-23(14-16-28-21-12-6-4-10-19(21)24(30)27-25(28)31)26-20-11-5-7-13-22(20)32-17-15-18-8-2-1-3-9-18/h1-13H,14-17H2,(H,26,29)(H,27,30,31). The van der Waals surface area contributed by atoms with Crippen LogP contribution in [-0.4, -0.2) is 22.1 Å². The van der Waals surface area contributed by atoms with Gasteiger partial charge in [-0.1, -0.05) is 54.6 Å². The number of hydrogen-bond donors (Lipinski definition) is 2. The number of amides is 1. The molecule has 0 spiro atoms. The first kappa shape index (κ1) is 21.1. The Bertz CT molecular complexity index is 1340. The molecule has 0 radical (unpaired) electrons. The highest BCUT2D eigenvalue weighted by molar-refractivity contribution is 5.92. The molecule has 7 nitrogen and oxygen atoms in total. The Hall–Kier alpha value is -4.13. The van der Waals surface area contributed by atoms with Crippen LogP contribution in [0.15, 0.2) is 88.5 Å². The zero-order valence-corrected chi connectivity index (χ0v) is 17.4. The third-order valence-electron chi connectivity index (χ3n) is 5.12. The molecule has 4 rings (SSSR count). The quantitative estimate of drug-likeness (QED) is 0.449. The molecule has 7 heteroatoms. The fraction of sp³-hybridized carbons (Fsp3) is 0.160. The van der Waals surface area contributed by atoms with Crippen LogP contribution in [0.2, 0.25) is 0 Å². The summed E-state index contributed by atoms with van der Waals surface area (Å²) in [5, 5.41) is 3.26. The monoisotopic (exact) mass is 429 g/mol. The van der Waals surface area contributed by atoms with E-state index in [1.54, 1.807) is 36.4 Å². The number of nitrogens with zero attached hydrogens (tertiary/aromatic N) is 1. The van der Waals surface area contributed by atoms with Gasteiger partial charge in [-0.2, -0.15) is 0 Å². The van der Waals surface area contributed by atoms with E-state index < -0.39 is 11.2 Å². The minimum atomic E-state index is -0.536. The number of fused-ring (bicyclic) bond motifs is 1.